The first-order chi connectivity index (χ1) is 25.1. The van der Waals surface area contributed by atoms with E-state index in [1.54, 1.807) is 0 Å². The molecule has 10 nitrogen and oxygen atoms in total. The highest BCUT2D eigenvalue weighted by molar-refractivity contribution is 7.99. The fraction of sp³-hybridized carbons (Fsp3) is 0.583. The summed E-state index contributed by atoms with van der Waals surface area (Å²) in [4.78, 5) is 7.80. The van der Waals surface area contributed by atoms with E-state index in [0.29, 0.717) is 0 Å². The number of hydrogen-bond donors (Lipinski definition) is 4. The molecule has 4 N–H and O–H groups in total. The molecule has 2 heterocycles. The Balaban J connectivity index is 1.80. The Morgan fingerprint density at radius 1 is 1.36 bits per heavy atom. The Morgan fingerprint density at radius 2 is 2.19 bits per heavy atom. The number of thioether (sulfide) groups is 1. The van der Waals surface area contributed by atoms with Crippen molar-refractivity contribution in [1.82, 2.24) is 25.0 Å². The molecule has 1 aromatic carbocycles. The van der Waals surface area contributed by atoms with Crippen LogP contribution in [0.15, 0.2) is 23.3 Å². The Labute approximate surface area is 241 Å². The number of benzene rings is 1. The van der Waals surface area contributed by atoms with Crippen LogP contribution >= 0.6 is 11.8 Å². The zero-order valence-corrected chi connectivity index (χ0v) is 19.1. The molecule has 3 aromatic rings. The van der Waals surface area contributed by atoms with Crippen molar-refractivity contribution >= 4 is 28.7 Å². The predicted octanol–water partition coefficient (Wildman–Crippen LogP) is 2.18. The number of nitrogens with one attached hydrogen (secondary N) is 1. The van der Waals surface area contributed by atoms with Crippen LogP contribution in [0, 0.1) is 12.7 Å². The van der Waals surface area contributed by atoms with E-state index >= 15 is 4.39 Å². The molecule has 36 heavy (non-hydrogen) atoms. The van der Waals surface area contributed by atoms with Gasteiger partial charge in [0.25, 0.3) is 0 Å². The molecule has 0 bridgehead atoms. The van der Waals surface area contributed by atoms with Crippen LogP contribution in [0.5, 0.6) is 0 Å². The van der Waals surface area contributed by atoms with Crippen molar-refractivity contribution in [3.63, 3.8) is 0 Å². The van der Waals surface area contributed by atoms with E-state index in [2.05, 4.69) is 30.3 Å². The predicted molar refractivity (Wildman–Crippen MR) is 133 cm³/mol. The largest absolute Gasteiger partial charge is 0.394 e. The lowest BCUT2D eigenvalue weighted by atomic mass is 10.1. The minimum atomic E-state index is -4.54. The van der Waals surface area contributed by atoms with Gasteiger partial charge in [-0.15, -0.1) is 5.10 Å². The molecular weight excluding hydrogens is 487 g/mol. The van der Waals surface area contributed by atoms with Gasteiger partial charge in [-0.05, 0) is 36.8 Å². The van der Waals surface area contributed by atoms with Crippen LogP contribution in [-0.2, 0) is 4.74 Å². The Kier molecular flexibility index (Phi) is 3.05. The van der Waals surface area contributed by atoms with Crippen LogP contribution in [-0.4, -0.2) is 83.4 Å². The maximum Gasteiger partial charge on any atom is 0.191 e. The summed E-state index contributed by atoms with van der Waals surface area (Å²) in [6, 6.07) is -10.4. The van der Waals surface area contributed by atoms with Crippen molar-refractivity contribution in [3.05, 3.63) is 35.1 Å². The molecule has 0 saturated heterocycles. The van der Waals surface area contributed by atoms with Crippen LogP contribution in [0.2, 0.25) is 0 Å². The molecule has 2 aromatic heterocycles. The number of fused-ring (bicyclic) bond motifs is 1. The van der Waals surface area contributed by atoms with E-state index < -0.39 is 131 Å². The van der Waals surface area contributed by atoms with Gasteiger partial charge >= 0.3 is 0 Å². The van der Waals surface area contributed by atoms with Gasteiger partial charge in [0.15, 0.2) is 22.1 Å². The number of anilines is 1. The number of rotatable bonds is 10. The van der Waals surface area contributed by atoms with E-state index in [4.69, 9.17) is 28.8 Å². The summed E-state index contributed by atoms with van der Waals surface area (Å²) in [6.45, 7) is -6.51. The first kappa shape index (κ1) is 10.4. The van der Waals surface area contributed by atoms with Crippen molar-refractivity contribution < 1.29 is 53.2 Å². The lowest BCUT2D eigenvalue weighted by Gasteiger charge is -2.17. The van der Waals surface area contributed by atoms with Gasteiger partial charge in [0.05, 0.1) is 41.7 Å². The second kappa shape index (κ2) is 10.5. The number of nitrogens with zero attached hydrogens (tertiary/aromatic N) is 5. The second-order valence-electron chi connectivity index (χ2n) is 6.99. The van der Waals surface area contributed by atoms with E-state index in [0.717, 1.165) is 13.8 Å². The highest BCUT2D eigenvalue weighted by Crippen LogP contribution is 2.44. The quantitative estimate of drug-likeness (QED) is 0.224. The van der Waals surface area contributed by atoms with Crippen LogP contribution in [0.3, 0.4) is 0 Å². The van der Waals surface area contributed by atoms with Crippen molar-refractivity contribution in [3.8, 4) is 0 Å². The van der Waals surface area contributed by atoms with E-state index in [1.165, 1.54) is 0 Å². The summed E-state index contributed by atoms with van der Waals surface area (Å²) in [5, 5.41) is 40.3. The topological polar surface area (TPSA) is 138 Å². The van der Waals surface area contributed by atoms with E-state index in [9.17, 15) is 15.3 Å². The van der Waals surface area contributed by atoms with Crippen molar-refractivity contribution in [1.29, 1.82) is 0 Å². The van der Waals surface area contributed by atoms with Crippen molar-refractivity contribution in [2.75, 3.05) is 24.1 Å². The van der Waals surface area contributed by atoms with Gasteiger partial charge in [0, 0.05) is 36.3 Å². The van der Waals surface area contributed by atoms with Gasteiger partial charge in [-0.1, -0.05) is 36.0 Å². The zero-order valence-electron chi connectivity index (χ0n) is 39.3. The molecule has 0 unspecified atom stereocenters. The minimum absolute atomic E-state index is 0.142. The number of halogens is 1. The highest BCUT2D eigenvalue weighted by Gasteiger charge is 2.45. The first-order valence-corrected chi connectivity index (χ1v) is 10.7. The Morgan fingerprint density at radius 3 is 2.97 bits per heavy atom. The molecule has 6 atom stereocenters. The van der Waals surface area contributed by atoms with Crippen LogP contribution in [0.1, 0.15) is 77.9 Å². The third kappa shape index (κ3) is 4.92. The standard InChI is InChI=1S/C24H31FN6O4S/c1-3-8-36-24-27-22(26-16-10-14(16)13-5-4-12(2)15(25)9-13)19-23(28-24)31(30-29-19)17-11-18(35-7-6-32)21(34)20(17)33/h4-5,9,14,16-18,20-21,32-34H,3,6-8,10-11H2,1-2H3,(H,26,27,28)/t14-,16+,17+,18-,20-,21+/m0/s1/i3D2,4D,5D,6D2,7D2,8D2,9D,10D2,11D2,14D,16D,17D,18D,20D,21D. The number of ether oxygens (including phenoxy) is 1. The van der Waals surface area contributed by atoms with E-state index in [1.807, 2.05) is 0 Å². The molecule has 2 aliphatic carbocycles. The van der Waals surface area contributed by atoms with E-state index in [-0.39, 0.29) is 16.4 Å². The van der Waals surface area contributed by atoms with Crippen molar-refractivity contribution in [2.45, 2.75) is 74.3 Å². The Bertz CT molecular complexity index is 2160. The summed E-state index contributed by atoms with van der Waals surface area (Å²) in [5.74, 6) is -5.55. The fourth-order valence-electron chi connectivity index (χ4n) is 2.99. The molecule has 12 heteroatoms. The molecule has 0 amide bonds. The number of aromatic nitrogens is 5. The average Bonchev–Trinajstić information content (AvgIpc) is 3.31. The molecule has 2 saturated carbocycles. The second-order valence-corrected chi connectivity index (χ2v) is 7.76. The molecular formula is C24H31FN6O4S. The van der Waals surface area contributed by atoms with Crippen LogP contribution in [0.25, 0.3) is 11.2 Å². The lowest BCUT2D eigenvalue weighted by molar-refractivity contribution is -0.0629. The van der Waals surface area contributed by atoms with Gasteiger partial charge in [0.1, 0.15) is 18.0 Å². The summed E-state index contributed by atoms with van der Waals surface area (Å²) in [7, 11) is 0. The summed E-state index contributed by atoms with van der Waals surface area (Å²) in [6.07, 6.45) is -23.8. The smallest absolute Gasteiger partial charge is 0.191 e. The molecule has 194 valence electrons. The Hall–Kier alpha value is -2.38. The highest BCUT2D eigenvalue weighted by atomic mass is 32.2. The van der Waals surface area contributed by atoms with Gasteiger partial charge in [-0.3, -0.25) is 0 Å². The number of aliphatic hydroxyl groups is 3. The third-order valence-corrected chi connectivity index (χ3v) is 5.37. The molecule has 0 radical (unpaired) electrons. The van der Waals surface area contributed by atoms with Gasteiger partial charge in [-0.2, -0.15) is 0 Å². The average molecular weight is 540 g/mol. The summed E-state index contributed by atoms with van der Waals surface area (Å²) >= 11 is -0.142. The van der Waals surface area contributed by atoms with Crippen LogP contribution < -0.4 is 5.32 Å². The summed E-state index contributed by atoms with van der Waals surface area (Å²) in [5.41, 5.74) is -6.68. The van der Waals surface area contributed by atoms with Gasteiger partial charge in [0.2, 0.25) is 0 Å². The minimum Gasteiger partial charge on any atom is -0.394 e. The molecule has 0 spiro atoms. The molecule has 2 aliphatic rings. The van der Waals surface area contributed by atoms with Gasteiger partial charge in [-0.25, -0.2) is 19.0 Å². The monoisotopic (exact) mass is 539 g/mol. The molecule has 2 fully saturated rings. The number of hydrogen-bond acceptors (Lipinski definition) is 10. The zero-order chi connectivity index (χ0) is 44.3. The molecule has 0 aliphatic heterocycles. The third-order valence-electron chi connectivity index (χ3n) is 4.70. The van der Waals surface area contributed by atoms with Crippen molar-refractivity contribution in [2.24, 2.45) is 0 Å². The summed E-state index contributed by atoms with van der Waals surface area (Å²) < 4.78 is 193. The molecule has 5 rings (SSSR count). The lowest BCUT2D eigenvalue weighted by Crippen LogP contribution is -2.33. The fourth-order valence-corrected chi connectivity index (χ4v) is 3.45. The maximum atomic E-state index is 15.0. The normalized spacial score (nSPS) is 52.8. The first-order valence-electron chi connectivity index (χ1n) is 20.4. The van der Waals surface area contributed by atoms with Crippen LogP contribution in [0.4, 0.5) is 10.2 Å². The maximum absolute atomic E-state index is 15.0. The van der Waals surface area contributed by atoms with Gasteiger partial charge < -0.3 is 25.4 Å². The SMILES string of the molecule is [2H]c1c([2H])c([C@]2([2H])C([2H])([2H])[C@@]2([2H])Nc2nc(SC([2H])([2H])C([2H])([2H])C)nc3c2nnn3[C@]2([2H])C([2H])([2H])[C@]([2H])(OC([2H])([2H])C([2H])([2H])O)[C@@]([2H])(O)[C@@]2([2H])O)c([2H])c(F)c1C.